The number of Topliss-reactive ketones (excluding diaryl/α,β-unsaturated/α-hetero) is 1. The molecule has 0 aliphatic carbocycles. The molecule has 5 rings (SSSR count). The van der Waals surface area contributed by atoms with E-state index in [2.05, 4.69) is 5.32 Å². The molecule has 0 spiro atoms. The van der Waals surface area contributed by atoms with E-state index in [9.17, 15) is 19.2 Å². The van der Waals surface area contributed by atoms with Gasteiger partial charge in [-0.25, -0.2) is 0 Å². The number of hydrogen-bond acceptors (Lipinski definition) is 8. The number of nitrogens with one attached hydrogen (secondary N) is 1. The van der Waals surface area contributed by atoms with Crippen molar-refractivity contribution in [3.63, 3.8) is 0 Å². The smallest absolute Gasteiger partial charge is 0.299 e. The standard InChI is InChI=1S/C36H36N4O7/c1-38(2)26-17-15-25(16-18-26)37-35(43)32(24-19-29(45-3)34(47-5)30(20-24)46-4)40(21-23-11-7-6-8-12-23)31(41)22-39-28-14-10-9-13-27(28)33(42)36(39)44/h6-20,32H,21-22H2,1-5H3,(H,37,43)/t32-/m0/s1. The minimum absolute atomic E-state index is 0.00557. The normalized spacial score (nSPS) is 12.7. The van der Waals surface area contributed by atoms with Crippen molar-refractivity contribution in [2.75, 3.05) is 57.1 Å². The van der Waals surface area contributed by atoms with E-state index >= 15 is 0 Å². The third-order valence-electron chi connectivity index (χ3n) is 7.90. The third-order valence-corrected chi connectivity index (χ3v) is 7.90. The van der Waals surface area contributed by atoms with Crippen LogP contribution in [0.1, 0.15) is 27.5 Å². The summed E-state index contributed by atoms with van der Waals surface area (Å²) in [5.41, 5.74) is 3.13. The number of benzene rings is 4. The lowest BCUT2D eigenvalue weighted by atomic mass is 10.0. The van der Waals surface area contributed by atoms with Gasteiger partial charge in [0.25, 0.3) is 17.6 Å². The molecule has 0 bridgehead atoms. The molecule has 1 N–H and O–H groups in total. The van der Waals surface area contributed by atoms with E-state index in [0.29, 0.717) is 22.7 Å². The van der Waals surface area contributed by atoms with Crippen molar-refractivity contribution in [3.05, 3.63) is 108 Å². The van der Waals surface area contributed by atoms with Crippen LogP contribution in [0.25, 0.3) is 0 Å². The molecule has 0 fully saturated rings. The van der Waals surface area contributed by atoms with Gasteiger partial charge in [0.15, 0.2) is 11.5 Å². The molecule has 0 saturated heterocycles. The van der Waals surface area contributed by atoms with Gasteiger partial charge in [0.05, 0.1) is 32.6 Å². The summed E-state index contributed by atoms with van der Waals surface area (Å²) in [5.74, 6) is -1.70. The van der Waals surface area contributed by atoms with Gasteiger partial charge in [-0.2, -0.15) is 0 Å². The van der Waals surface area contributed by atoms with Crippen LogP contribution in [0.5, 0.6) is 17.2 Å². The van der Waals surface area contributed by atoms with Gasteiger partial charge in [-0.15, -0.1) is 0 Å². The molecule has 1 atom stereocenters. The fraction of sp³-hybridized carbons (Fsp3) is 0.222. The molecule has 47 heavy (non-hydrogen) atoms. The lowest BCUT2D eigenvalue weighted by molar-refractivity contribution is -0.139. The summed E-state index contributed by atoms with van der Waals surface area (Å²) in [6, 6.07) is 25.0. The maximum absolute atomic E-state index is 14.4. The highest BCUT2D eigenvalue weighted by Gasteiger charge is 2.40. The minimum Gasteiger partial charge on any atom is -0.493 e. The Morgan fingerprint density at radius 3 is 2.02 bits per heavy atom. The first-order chi connectivity index (χ1) is 22.7. The summed E-state index contributed by atoms with van der Waals surface area (Å²) in [4.78, 5) is 59.2. The Hall–Kier alpha value is -5.84. The van der Waals surface area contributed by atoms with Gasteiger partial charge in [0, 0.05) is 32.0 Å². The number of anilines is 3. The second-order valence-electron chi connectivity index (χ2n) is 11.0. The summed E-state index contributed by atoms with van der Waals surface area (Å²) in [6.45, 7) is -0.467. The number of amides is 3. The lowest BCUT2D eigenvalue weighted by Gasteiger charge is -2.33. The van der Waals surface area contributed by atoms with Gasteiger partial charge in [-0.1, -0.05) is 42.5 Å². The molecule has 242 valence electrons. The van der Waals surface area contributed by atoms with E-state index in [1.165, 1.54) is 26.2 Å². The van der Waals surface area contributed by atoms with Gasteiger partial charge < -0.3 is 29.3 Å². The average Bonchev–Trinajstić information content (AvgIpc) is 3.32. The van der Waals surface area contributed by atoms with Crippen LogP contribution in [0, 0.1) is 0 Å². The van der Waals surface area contributed by atoms with Gasteiger partial charge in [-0.05, 0) is 59.7 Å². The molecule has 4 aromatic rings. The van der Waals surface area contributed by atoms with Crippen molar-refractivity contribution >= 4 is 40.6 Å². The van der Waals surface area contributed by atoms with E-state index in [1.807, 2.05) is 61.5 Å². The first kappa shape index (κ1) is 32.6. The molecule has 4 aromatic carbocycles. The van der Waals surface area contributed by atoms with E-state index in [0.717, 1.165) is 16.2 Å². The highest BCUT2D eigenvalue weighted by atomic mass is 16.5. The Morgan fingerprint density at radius 2 is 1.43 bits per heavy atom. The molecule has 1 aliphatic heterocycles. The van der Waals surface area contributed by atoms with Gasteiger partial charge in [-0.3, -0.25) is 24.1 Å². The Bertz CT molecular complexity index is 1770. The van der Waals surface area contributed by atoms with Crippen LogP contribution < -0.4 is 29.3 Å². The Kier molecular flexibility index (Phi) is 9.74. The maximum atomic E-state index is 14.4. The topological polar surface area (TPSA) is 118 Å². The van der Waals surface area contributed by atoms with Gasteiger partial charge in [0.2, 0.25) is 11.7 Å². The highest BCUT2D eigenvalue weighted by molar-refractivity contribution is 6.52. The molecule has 0 unspecified atom stereocenters. The number of fused-ring (bicyclic) bond motifs is 1. The molecule has 3 amide bonds. The Labute approximate surface area is 273 Å². The number of nitrogens with zero attached hydrogens (tertiary/aromatic N) is 3. The number of ether oxygens (including phenoxy) is 3. The molecule has 1 heterocycles. The van der Waals surface area contributed by atoms with Crippen LogP contribution >= 0.6 is 0 Å². The lowest BCUT2D eigenvalue weighted by Crippen LogP contribution is -2.46. The summed E-state index contributed by atoms with van der Waals surface area (Å²) in [6.07, 6.45) is 0. The zero-order valence-electron chi connectivity index (χ0n) is 26.9. The monoisotopic (exact) mass is 636 g/mol. The molecular weight excluding hydrogens is 600 g/mol. The zero-order chi connectivity index (χ0) is 33.7. The molecule has 1 aliphatic rings. The first-order valence-corrected chi connectivity index (χ1v) is 14.8. The number of para-hydroxylation sites is 1. The van der Waals surface area contributed by atoms with E-state index < -0.39 is 36.1 Å². The number of carbonyl (C=O) groups excluding carboxylic acids is 4. The molecule has 0 radical (unpaired) electrons. The van der Waals surface area contributed by atoms with E-state index in [-0.39, 0.29) is 23.6 Å². The van der Waals surface area contributed by atoms with Crippen LogP contribution in [-0.2, 0) is 20.9 Å². The highest BCUT2D eigenvalue weighted by Crippen LogP contribution is 2.41. The van der Waals surface area contributed by atoms with Crippen molar-refractivity contribution in [3.8, 4) is 17.2 Å². The minimum atomic E-state index is -1.24. The third kappa shape index (κ3) is 6.74. The predicted molar refractivity (Wildman–Crippen MR) is 178 cm³/mol. The van der Waals surface area contributed by atoms with Crippen molar-refractivity contribution in [1.29, 1.82) is 0 Å². The van der Waals surface area contributed by atoms with Crippen LogP contribution in [-0.4, -0.2) is 70.4 Å². The molecular formula is C36H36N4O7. The predicted octanol–water partition coefficient (Wildman–Crippen LogP) is 4.72. The second kappa shape index (κ2) is 14.1. The van der Waals surface area contributed by atoms with Crippen molar-refractivity contribution < 1.29 is 33.4 Å². The fourth-order valence-corrected chi connectivity index (χ4v) is 5.52. The number of methoxy groups -OCH3 is 3. The molecule has 0 saturated carbocycles. The molecule has 11 heteroatoms. The number of rotatable bonds is 12. The van der Waals surface area contributed by atoms with Crippen LogP contribution in [0.4, 0.5) is 17.1 Å². The zero-order valence-corrected chi connectivity index (χ0v) is 26.9. The Morgan fingerprint density at radius 1 is 0.809 bits per heavy atom. The maximum Gasteiger partial charge on any atom is 0.299 e. The van der Waals surface area contributed by atoms with Gasteiger partial charge in [0.1, 0.15) is 12.6 Å². The SMILES string of the molecule is COc1cc([C@@H](C(=O)Nc2ccc(N(C)C)cc2)N(Cc2ccccc2)C(=O)CN2C(=O)C(=O)c3ccccc32)cc(OC)c1OC. The van der Waals surface area contributed by atoms with Crippen LogP contribution in [0.2, 0.25) is 0 Å². The van der Waals surface area contributed by atoms with Crippen molar-refractivity contribution in [1.82, 2.24) is 4.90 Å². The summed E-state index contributed by atoms with van der Waals surface area (Å²) < 4.78 is 16.7. The van der Waals surface area contributed by atoms with E-state index in [4.69, 9.17) is 14.2 Å². The van der Waals surface area contributed by atoms with Crippen LogP contribution in [0.3, 0.4) is 0 Å². The first-order valence-electron chi connectivity index (χ1n) is 14.8. The van der Waals surface area contributed by atoms with Gasteiger partial charge >= 0.3 is 0 Å². The largest absolute Gasteiger partial charge is 0.493 e. The average molecular weight is 637 g/mol. The fourth-order valence-electron chi connectivity index (χ4n) is 5.52. The van der Waals surface area contributed by atoms with Crippen molar-refractivity contribution in [2.24, 2.45) is 0 Å². The number of ketones is 1. The second-order valence-corrected chi connectivity index (χ2v) is 11.0. The summed E-state index contributed by atoms with van der Waals surface area (Å²) >= 11 is 0. The summed E-state index contributed by atoms with van der Waals surface area (Å²) in [5, 5.41) is 2.96. The summed E-state index contributed by atoms with van der Waals surface area (Å²) in [7, 11) is 8.22. The van der Waals surface area contributed by atoms with Crippen LogP contribution in [0.15, 0.2) is 91.0 Å². The molecule has 0 aromatic heterocycles. The number of carbonyl (C=O) groups is 4. The molecule has 11 nitrogen and oxygen atoms in total. The Balaban J connectivity index is 1.62. The number of hydrogen-bond donors (Lipinski definition) is 1. The van der Waals surface area contributed by atoms with E-state index in [1.54, 1.807) is 48.5 Å². The quantitative estimate of drug-likeness (QED) is 0.222. The van der Waals surface area contributed by atoms with Crippen molar-refractivity contribution in [2.45, 2.75) is 12.6 Å².